The minimum absolute atomic E-state index is 0.0187. The fourth-order valence-electron chi connectivity index (χ4n) is 2.25. The summed E-state index contributed by atoms with van der Waals surface area (Å²) in [7, 11) is 0. The van der Waals surface area contributed by atoms with E-state index in [-0.39, 0.29) is 5.41 Å². The zero-order chi connectivity index (χ0) is 11.9. The third-order valence-corrected chi connectivity index (χ3v) is 3.80. The highest BCUT2D eigenvalue weighted by Gasteiger charge is 2.36. The minimum Gasteiger partial charge on any atom is -0.0990 e. The van der Waals surface area contributed by atoms with Gasteiger partial charge >= 0.3 is 0 Å². The molecule has 1 heteroatoms. The number of benzene rings is 1. The number of rotatable bonds is 1. The standard InChI is InChI=1S/C15H15Br/c1-5-6-12-10(2)15(3,4)14-8-7-11(16)9-13(12)14/h5-9H,1-2H2,3-4H3/b12-6+. The van der Waals surface area contributed by atoms with Gasteiger partial charge in [-0.2, -0.15) is 0 Å². The zero-order valence-electron chi connectivity index (χ0n) is 9.68. The first-order chi connectivity index (χ1) is 7.48. The van der Waals surface area contributed by atoms with E-state index >= 15 is 0 Å². The predicted octanol–water partition coefficient (Wildman–Crippen LogP) is 4.87. The number of hydrogen-bond acceptors (Lipinski definition) is 0. The van der Waals surface area contributed by atoms with Gasteiger partial charge in [0, 0.05) is 9.89 Å². The van der Waals surface area contributed by atoms with Crippen molar-refractivity contribution in [3.63, 3.8) is 0 Å². The first-order valence-electron chi connectivity index (χ1n) is 5.31. The van der Waals surface area contributed by atoms with E-state index in [0.29, 0.717) is 0 Å². The molecule has 0 saturated carbocycles. The molecule has 0 amide bonds. The molecule has 0 radical (unpaired) electrons. The van der Waals surface area contributed by atoms with E-state index in [4.69, 9.17) is 0 Å². The van der Waals surface area contributed by atoms with Gasteiger partial charge in [0.1, 0.15) is 0 Å². The van der Waals surface area contributed by atoms with Crippen LogP contribution in [-0.2, 0) is 5.41 Å². The fourth-order valence-corrected chi connectivity index (χ4v) is 2.62. The van der Waals surface area contributed by atoms with Gasteiger partial charge in [0.25, 0.3) is 0 Å². The molecule has 1 aliphatic carbocycles. The summed E-state index contributed by atoms with van der Waals surface area (Å²) in [5.74, 6) is 0. The predicted molar refractivity (Wildman–Crippen MR) is 74.5 cm³/mol. The first-order valence-corrected chi connectivity index (χ1v) is 6.10. The molecular formula is C15H15Br. The summed E-state index contributed by atoms with van der Waals surface area (Å²) in [4.78, 5) is 0. The number of fused-ring (bicyclic) bond motifs is 1. The summed E-state index contributed by atoms with van der Waals surface area (Å²) in [5.41, 5.74) is 5.00. The molecule has 0 aromatic heterocycles. The summed E-state index contributed by atoms with van der Waals surface area (Å²) >= 11 is 3.52. The van der Waals surface area contributed by atoms with Gasteiger partial charge < -0.3 is 0 Å². The van der Waals surface area contributed by atoms with Crippen LogP contribution in [0.25, 0.3) is 5.57 Å². The lowest BCUT2D eigenvalue weighted by molar-refractivity contribution is 0.663. The second kappa shape index (κ2) is 3.74. The Hall–Kier alpha value is -1.08. The van der Waals surface area contributed by atoms with Gasteiger partial charge in [0.05, 0.1) is 0 Å². The first kappa shape index (κ1) is 11.4. The SMILES string of the molecule is C=C/C=C1\C(=C)C(C)(C)c2ccc(Br)cc21. The van der Waals surface area contributed by atoms with Gasteiger partial charge in [0.15, 0.2) is 0 Å². The van der Waals surface area contributed by atoms with Crippen molar-refractivity contribution in [2.75, 3.05) is 0 Å². The van der Waals surface area contributed by atoms with Crippen LogP contribution in [0, 0.1) is 0 Å². The van der Waals surface area contributed by atoms with Gasteiger partial charge in [-0.1, -0.05) is 61.2 Å². The fraction of sp³-hybridized carbons (Fsp3) is 0.200. The van der Waals surface area contributed by atoms with Crippen LogP contribution in [0.1, 0.15) is 25.0 Å². The largest absolute Gasteiger partial charge is 0.0990 e. The van der Waals surface area contributed by atoms with Crippen LogP contribution in [0.5, 0.6) is 0 Å². The molecule has 1 aliphatic rings. The van der Waals surface area contributed by atoms with Gasteiger partial charge in [-0.05, 0) is 34.4 Å². The second-order valence-electron chi connectivity index (χ2n) is 4.61. The highest BCUT2D eigenvalue weighted by molar-refractivity contribution is 9.10. The minimum atomic E-state index is 0.0187. The Bertz CT molecular complexity index is 504. The molecule has 1 aromatic carbocycles. The highest BCUT2D eigenvalue weighted by Crippen LogP contribution is 2.49. The molecule has 0 bridgehead atoms. The molecule has 0 fully saturated rings. The molecule has 0 atom stereocenters. The van der Waals surface area contributed by atoms with Crippen molar-refractivity contribution < 1.29 is 0 Å². The molecule has 0 spiro atoms. The Morgan fingerprint density at radius 3 is 2.62 bits per heavy atom. The van der Waals surface area contributed by atoms with Crippen molar-refractivity contribution in [2.24, 2.45) is 0 Å². The topological polar surface area (TPSA) is 0 Å². The smallest absolute Gasteiger partial charge is 0.0181 e. The lowest BCUT2D eigenvalue weighted by atomic mass is 9.83. The second-order valence-corrected chi connectivity index (χ2v) is 5.53. The van der Waals surface area contributed by atoms with Gasteiger partial charge in [0.2, 0.25) is 0 Å². The molecule has 0 aliphatic heterocycles. The number of hydrogen-bond donors (Lipinski definition) is 0. The molecule has 0 unspecified atom stereocenters. The van der Waals surface area contributed by atoms with Crippen molar-refractivity contribution in [3.8, 4) is 0 Å². The quantitative estimate of drug-likeness (QED) is 0.686. The van der Waals surface area contributed by atoms with Crippen LogP contribution >= 0.6 is 15.9 Å². The van der Waals surface area contributed by atoms with E-state index in [9.17, 15) is 0 Å². The van der Waals surface area contributed by atoms with Crippen LogP contribution < -0.4 is 0 Å². The Balaban J connectivity index is 2.75. The average molecular weight is 275 g/mol. The molecule has 0 saturated heterocycles. The molecule has 16 heavy (non-hydrogen) atoms. The third kappa shape index (κ3) is 1.51. The summed E-state index contributed by atoms with van der Waals surface area (Å²) in [6.07, 6.45) is 3.87. The average Bonchev–Trinajstić information content (AvgIpc) is 2.40. The van der Waals surface area contributed by atoms with Crippen molar-refractivity contribution in [1.29, 1.82) is 0 Å². The molecule has 0 nitrogen and oxygen atoms in total. The maximum absolute atomic E-state index is 4.22. The molecule has 82 valence electrons. The van der Waals surface area contributed by atoms with Crippen LogP contribution in [0.3, 0.4) is 0 Å². The third-order valence-electron chi connectivity index (χ3n) is 3.31. The van der Waals surface area contributed by atoms with Gasteiger partial charge in [-0.25, -0.2) is 0 Å². The van der Waals surface area contributed by atoms with Crippen molar-refractivity contribution in [3.05, 3.63) is 64.7 Å². The van der Waals surface area contributed by atoms with Gasteiger partial charge in [-0.15, -0.1) is 0 Å². The maximum Gasteiger partial charge on any atom is 0.0181 e. The summed E-state index contributed by atoms with van der Waals surface area (Å²) in [6, 6.07) is 6.42. The Morgan fingerprint density at radius 2 is 2.00 bits per heavy atom. The Morgan fingerprint density at radius 1 is 1.31 bits per heavy atom. The van der Waals surface area contributed by atoms with Crippen LogP contribution in [-0.4, -0.2) is 0 Å². The lowest BCUT2D eigenvalue weighted by Crippen LogP contribution is -2.14. The number of allylic oxidation sites excluding steroid dienone is 4. The summed E-state index contributed by atoms with van der Waals surface area (Å²) in [5, 5.41) is 0. The van der Waals surface area contributed by atoms with Crippen molar-refractivity contribution in [1.82, 2.24) is 0 Å². The van der Waals surface area contributed by atoms with E-state index in [1.807, 2.05) is 12.2 Å². The molecular weight excluding hydrogens is 260 g/mol. The number of halogens is 1. The van der Waals surface area contributed by atoms with E-state index < -0.39 is 0 Å². The highest BCUT2D eigenvalue weighted by atomic mass is 79.9. The molecule has 2 rings (SSSR count). The van der Waals surface area contributed by atoms with Crippen LogP contribution in [0.2, 0.25) is 0 Å². The Labute approximate surface area is 106 Å². The van der Waals surface area contributed by atoms with Crippen LogP contribution in [0.4, 0.5) is 0 Å². The van der Waals surface area contributed by atoms with E-state index in [2.05, 4.69) is 61.1 Å². The summed E-state index contributed by atoms with van der Waals surface area (Å²) < 4.78 is 1.10. The van der Waals surface area contributed by atoms with Crippen LogP contribution in [0.15, 0.2) is 53.6 Å². The van der Waals surface area contributed by atoms with Crippen molar-refractivity contribution in [2.45, 2.75) is 19.3 Å². The molecule has 0 heterocycles. The van der Waals surface area contributed by atoms with E-state index in [1.165, 1.54) is 22.3 Å². The molecule has 1 aromatic rings. The Kier molecular flexibility index (Phi) is 2.67. The van der Waals surface area contributed by atoms with Gasteiger partial charge in [-0.3, -0.25) is 0 Å². The monoisotopic (exact) mass is 274 g/mol. The van der Waals surface area contributed by atoms with E-state index in [0.717, 1.165) is 4.47 Å². The lowest BCUT2D eigenvalue weighted by Gasteiger charge is -2.20. The maximum atomic E-state index is 4.22. The normalized spacial score (nSPS) is 19.9. The molecule has 0 N–H and O–H groups in total. The van der Waals surface area contributed by atoms with Crippen molar-refractivity contribution >= 4 is 21.5 Å². The zero-order valence-corrected chi connectivity index (χ0v) is 11.3. The summed E-state index contributed by atoms with van der Waals surface area (Å²) in [6.45, 7) is 12.4. The van der Waals surface area contributed by atoms with E-state index in [1.54, 1.807) is 0 Å².